The molecule has 0 bridgehead atoms. The number of carbonyl (C=O) groups is 2. The molecular weight excluding hydrogens is 174 g/mol. The van der Waals surface area contributed by atoms with E-state index in [1.807, 2.05) is 0 Å². The number of hydrogen-bond acceptors (Lipinski definition) is 3. The van der Waals surface area contributed by atoms with Crippen LogP contribution in [0.3, 0.4) is 0 Å². The van der Waals surface area contributed by atoms with E-state index in [0.717, 1.165) is 0 Å². The fourth-order valence-corrected chi connectivity index (χ4v) is 0.275. The van der Waals surface area contributed by atoms with Gasteiger partial charge in [-0.3, -0.25) is 9.59 Å². The number of hydrogen-bond donors (Lipinski definition) is 3. The van der Waals surface area contributed by atoms with Crippen LogP contribution >= 0.6 is 0 Å². The average molecular weight is 187 g/mol. The van der Waals surface area contributed by atoms with Gasteiger partial charge < -0.3 is 32.4 Å². The van der Waals surface area contributed by atoms with Gasteiger partial charge in [0.1, 0.15) is 6.04 Å². The summed E-state index contributed by atoms with van der Waals surface area (Å²) >= 11 is 0. The quantitative estimate of drug-likeness (QED) is 0.409. The molecule has 0 aliphatic carbocycles. The van der Waals surface area contributed by atoms with Crippen molar-refractivity contribution in [2.24, 2.45) is 5.73 Å². The molecule has 12 heavy (non-hydrogen) atoms. The molecule has 0 aromatic rings. The monoisotopic (exact) mass is 187 g/mol. The molecular formula is C4H13NO7. The smallest absolute Gasteiger partial charge is 0.321 e. The van der Waals surface area contributed by atoms with Crippen LogP contribution in [-0.4, -0.2) is 44.6 Å². The van der Waals surface area contributed by atoms with Crippen molar-refractivity contribution in [2.45, 2.75) is 12.5 Å². The summed E-state index contributed by atoms with van der Waals surface area (Å²) in [7, 11) is 0. The van der Waals surface area contributed by atoms with Crippen LogP contribution in [0, 0.1) is 0 Å². The van der Waals surface area contributed by atoms with Gasteiger partial charge in [0.2, 0.25) is 0 Å². The standard InChI is InChI=1S/C4H7NO4.3H2O/c5-2(4(8)9)1-3(6)7;;;/h2H,1,5H2,(H,6,7)(H,8,9);3*1H2/t2-;;;/m0.../s1. The Morgan fingerprint density at radius 3 is 1.58 bits per heavy atom. The number of aliphatic carboxylic acids is 2. The first-order valence-electron chi connectivity index (χ1n) is 2.24. The lowest BCUT2D eigenvalue weighted by molar-refractivity contribution is -0.144. The first kappa shape index (κ1) is 22.4. The molecule has 0 spiro atoms. The minimum atomic E-state index is -1.29. The lowest BCUT2D eigenvalue weighted by Crippen LogP contribution is -2.32. The third-order valence-electron chi connectivity index (χ3n) is 0.712. The first-order valence-corrected chi connectivity index (χ1v) is 2.24. The Balaban J connectivity index is -0.000000107. The van der Waals surface area contributed by atoms with E-state index in [4.69, 9.17) is 15.9 Å². The zero-order valence-corrected chi connectivity index (χ0v) is 6.07. The molecule has 0 saturated carbocycles. The van der Waals surface area contributed by atoms with Crippen LogP contribution in [0.4, 0.5) is 0 Å². The van der Waals surface area contributed by atoms with E-state index in [-0.39, 0.29) is 16.4 Å². The summed E-state index contributed by atoms with van der Waals surface area (Å²) in [5, 5.41) is 16.0. The van der Waals surface area contributed by atoms with E-state index in [1.54, 1.807) is 0 Å². The molecule has 0 rings (SSSR count). The summed E-state index contributed by atoms with van der Waals surface area (Å²) in [6.07, 6.45) is -0.532. The van der Waals surface area contributed by atoms with E-state index in [9.17, 15) is 9.59 Å². The predicted octanol–water partition coefficient (Wildman–Crippen LogP) is -3.60. The molecule has 8 heteroatoms. The molecule has 0 aromatic carbocycles. The molecule has 0 unspecified atom stereocenters. The zero-order chi connectivity index (χ0) is 7.44. The molecule has 0 aromatic heterocycles. The molecule has 0 aliphatic rings. The number of carboxylic acid groups (broad SMARTS) is 2. The highest BCUT2D eigenvalue weighted by Gasteiger charge is 2.14. The van der Waals surface area contributed by atoms with Crippen molar-refractivity contribution in [1.82, 2.24) is 0 Å². The predicted molar refractivity (Wildman–Crippen MR) is 38.7 cm³/mol. The summed E-state index contributed by atoms with van der Waals surface area (Å²) in [5.41, 5.74) is 4.84. The van der Waals surface area contributed by atoms with Gasteiger partial charge in [-0.25, -0.2) is 0 Å². The van der Waals surface area contributed by atoms with Crippen molar-refractivity contribution in [3.8, 4) is 0 Å². The first-order chi connectivity index (χ1) is 4.04. The molecule has 10 N–H and O–H groups in total. The van der Waals surface area contributed by atoms with Crippen LogP contribution < -0.4 is 5.73 Å². The van der Waals surface area contributed by atoms with Gasteiger partial charge in [0.05, 0.1) is 6.42 Å². The lowest BCUT2D eigenvalue weighted by atomic mass is 10.2. The van der Waals surface area contributed by atoms with Crippen molar-refractivity contribution >= 4 is 11.9 Å². The molecule has 0 amide bonds. The molecule has 1 atom stereocenters. The maximum absolute atomic E-state index is 9.85. The van der Waals surface area contributed by atoms with Gasteiger partial charge in [-0.15, -0.1) is 0 Å². The van der Waals surface area contributed by atoms with Crippen LogP contribution in [-0.2, 0) is 9.59 Å². The highest BCUT2D eigenvalue weighted by atomic mass is 16.4. The van der Waals surface area contributed by atoms with Crippen LogP contribution in [0.25, 0.3) is 0 Å². The second kappa shape index (κ2) is 9.78. The number of carboxylic acids is 2. The lowest BCUT2D eigenvalue weighted by Gasteiger charge is -1.99. The normalized spacial score (nSPS) is 9.42. The van der Waals surface area contributed by atoms with Crippen LogP contribution in [0.5, 0.6) is 0 Å². The Bertz CT molecular complexity index is 135. The summed E-state index contributed by atoms with van der Waals surface area (Å²) in [6, 6.07) is -1.29. The highest BCUT2D eigenvalue weighted by Crippen LogP contribution is 1.86. The van der Waals surface area contributed by atoms with E-state index >= 15 is 0 Å². The van der Waals surface area contributed by atoms with Crippen LogP contribution in [0.15, 0.2) is 0 Å². The van der Waals surface area contributed by atoms with Gasteiger partial charge >= 0.3 is 11.9 Å². The third kappa shape index (κ3) is 11.6. The van der Waals surface area contributed by atoms with Crippen LogP contribution in [0.1, 0.15) is 6.42 Å². The number of rotatable bonds is 3. The molecule has 0 saturated heterocycles. The highest BCUT2D eigenvalue weighted by molar-refractivity contribution is 5.80. The van der Waals surface area contributed by atoms with E-state index in [2.05, 4.69) is 0 Å². The maximum Gasteiger partial charge on any atom is 0.321 e. The van der Waals surface area contributed by atoms with E-state index in [1.165, 1.54) is 0 Å². The Kier molecular flexibility index (Phi) is 18.3. The molecule has 0 radical (unpaired) electrons. The Morgan fingerprint density at radius 2 is 1.50 bits per heavy atom. The van der Waals surface area contributed by atoms with Crippen molar-refractivity contribution in [3.05, 3.63) is 0 Å². The summed E-state index contributed by atoms with van der Waals surface area (Å²) in [5.74, 6) is -2.50. The minimum Gasteiger partial charge on any atom is -0.481 e. The van der Waals surface area contributed by atoms with Crippen molar-refractivity contribution in [1.29, 1.82) is 0 Å². The van der Waals surface area contributed by atoms with Gasteiger partial charge in [-0.2, -0.15) is 0 Å². The fourth-order valence-electron chi connectivity index (χ4n) is 0.275. The van der Waals surface area contributed by atoms with Gasteiger partial charge in [-0.1, -0.05) is 0 Å². The second-order valence-corrected chi connectivity index (χ2v) is 1.54. The average Bonchev–Trinajstić information content (AvgIpc) is 1.63. The second-order valence-electron chi connectivity index (χ2n) is 1.54. The van der Waals surface area contributed by atoms with E-state index < -0.39 is 24.4 Å². The van der Waals surface area contributed by atoms with E-state index in [0.29, 0.717) is 0 Å². The minimum absolute atomic E-state index is 0. The van der Waals surface area contributed by atoms with Gasteiger partial charge in [0.25, 0.3) is 0 Å². The summed E-state index contributed by atoms with van der Waals surface area (Å²) in [6.45, 7) is 0. The van der Waals surface area contributed by atoms with Crippen molar-refractivity contribution < 1.29 is 36.2 Å². The molecule has 8 nitrogen and oxygen atoms in total. The molecule has 0 fully saturated rings. The van der Waals surface area contributed by atoms with Gasteiger partial charge in [0.15, 0.2) is 0 Å². The fraction of sp³-hybridized carbons (Fsp3) is 0.500. The zero-order valence-electron chi connectivity index (χ0n) is 6.07. The van der Waals surface area contributed by atoms with Crippen molar-refractivity contribution in [3.63, 3.8) is 0 Å². The van der Waals surface area contributed by atoms with Crippen LogP contribution in [0.2, 0.25) is 0 Å². The molecule has 0 aliphatic heterocycles. The van der Waals surface area contributed by atoms with Gasteiger partial charge in [-0.05, 0) is 0 Å². The topological polar surface area (TPSA) is 195 Å². The van der Waals surface area contributed by atoms with Gasteiger partial charge in [0, 0.05) is 0 Å². The Hall–Kier alpha value is -1.22. The summed E-state index contributed by atoms with van der Waals surface area (Å²) in [4.78, 5) is 19.6. The third-order valence-corrected chi connectivity index (χ3v) is 0.712. The molecule has 76 valence electrons. The Morgan fingerprint density at radius 1 is 1.17 bits per heavy atom. The maximum atomic E-state index is 9.85. The molecule has 0 heterocycles. The largest absolute Gasteiger partial charge is 0.481 e. The SMILES string of the molecule is N[C@@H](CC(=O)O)C(=O)O.O.O.O. The van der Waals surface area contributed by atoms with Crippen molar-refractivity contribution in [2.75, 3.05) is 0 Å². The Labute approximate surface area is 67.5 Å². The number of nitrogens with two attached hydrogens (primary N) is 1. The summed E-state index contributed by atoms with van der Waals surface area (Å²) < 4.78 is 0.